The van der Waals surface area contributed by atoms with E-state index in [2.05, 4.69) is 52.1 Å². The number of nitrogens with two attached hydrogens (primary N) is 1. The molecule has 3 aromatic rings. The topological polar surface area (TPSA) is 38.9 Å². The normalized spacial score (nSPS) is 11.2. The van der Waals surface area contributed by atoms with E-state index in [1.54, 1.807) is 0 Å². The van der Waals surface area contributed by atoms with E-state index in [1.165, 1.54) is 5.39 Å². The van der Waals surface area contributed by atoms with Crippen LogP contribution in [0.2, 0.25) is 0 Å². The molecule has 2 aromatic carbocycles. The number of nitrogen functional groups attached to an aromatic ring is 1. The van der Waals surface area contributed by atoms with E-state index in [-0.39, 0.29) is 0 Å². The summed E-state index contributed by atoms with van der Waals surface area (Å²) in [5.41, 5.74) is 8.08. The van der Waals surface area contributed by atoms with E-state index in [0.717, 1.165) is 32.7 Å². The van der Waals surface area contributed by atoms with Gasteiger partial charge in [-0.25, -0.2) is 4.98 Å². The first-order chi connectivity index (χ1) is 8.70. The molecule has 0 aliphatic carbocycles. The molecule has 1 heterocycles. The van der Waals surface area contributed by atoms with Crippen LogP contribution in [-0.2, 0) is 6.42 Å². The Kier molecular flexibility index (Phi) is 2.71. The van der Waals surface area contributed by atoms with E-state index in [4.69, 9.17) is 5.73 Å². The molecule has 3 rings (SSSR count). The SMILES string of the molecule is CCc1cc2cc(Br)c3ccccc3c2nc1N. The van der Waals surface area contributed by atoms with Crippen LogP contribution in [0.3, 0.4) is 0 Å². The summed E-state index contributed by atoms with van der Waals surface area (Å²) in [5, 5.41) is 3.43. The first-order valence-electron chi connectivity index (χ1n) is 5.97. The van der Waals surface area contributed by atoms with Crippen LogP contribution in [-0.4, -0.2) is 4.98 Å². The van der Waals surface area contributed by atoms with Crippen molar-refractivity contribution in [1.29, 1.82) is 0 Å². The van der Waals surface area contributed by atoms with Crippen LogP contribution in [0.5, 0.6) is 0 Å². The minimum Gasteiger partial charge on any atom is -0.383 e. The monoisotopic (exact) mass is 300 g/mol. The molecule has 0 aliphatic heterocycles. The van der Waals surface area contributed by atoms with Crippen molar-refractivity contribution >= 4 is 43.4 Å². The minimum absolute atomic E-state index is 0.637. The average Bonchev–Trinajstić information content (AvgIpc) is 2.39. The summed E-state index contributed by atoms with van der Waals surface area (Å²) in [5.74, 6) is 0.637. The number of nitrogens with zero attached hydrogens (tertiary/aromatic N) is 1. The number of benzene rings is 2. The average molecular weight is 301 g/mol. The molecular weight excluding hydrogens is 288 g/mol. The highest BCUT2D eigenvalue weighted by Crippen LogP contribution is 2.32. The molecule has 0 saturated carbocycles. The van der Waals surface area contributed by atoms with E-state index in [0.29, 0.717) is 5.82 Å². The molecule has 2 N–H and O–H groups in total. The number of hydrogen-bond acceptors (Lipinski definition) is 2. The maximum atomic E-state index is 6.00. The van der Waals surface area contributed by atoms with Gasteiger partial charge in [0, 0.05) is 15.2 Å². The van der Waals surface area contributed by atoms with Crippen molar-refractivity contribution in [2.24, 2.45) is 0 Å². The van der Waals surface area contributed by atoms with Crippen LogP contribution in [0.25, 0.3) is 21.7 Å². The zero-order valence-electron chi connectivity index (χ0n) is 10.1. The maximum Gasteiger partial charge on any atom is 0.127 e. The van der Waals surface area contributed by atoms with Crippen molar-refractivity contribution < 1.29 is 0 Å². The number of anilines is 1. The minimum atomic E-state index is 0.637. The van der Waals surface area contributed by atoms with E-state index in [9.17, 15) is 0 Å². The van der Waals surface area contributed by atoms with E-state index in [1.807, 2.05) is 12.1 Å². The van der Waals surface area contributed by atoms with E-state index >= 15 is 0 Å². The summed E-state index contributed by atoms with van der Waals surface area (Å²) in [6.07, 6.45) is 0.902. The van der Waals surface area contributed by atoms with Crippen molar-refractivity contribution in [2.45, 2.75) is 13.3 Å². The molecule has 3 heteroatoms. The number of hydrogen-bond donors (Lipinski definition) is 1. The fraction of sp³-hybridized carbons (Fsp3) is 0.133. The van der Waals surface area contributed by atoms with Crippen LogP contribution in [0.1, 0.15) is 12.5 Å². The lowest BCUT2D eigenvalue weighted by Crippen LogP contribution is -1.97. The largest absolute Gasteiger partial charge is 0.383 e. The molecule has 0 fully saturated rings. The van der Waals surface area contributed by atoms with Gasteiger partial charge in [0.1, 0.15) is 5.82 Å². The smallest absolute Gasteiger partial charge is 0.127 e. The summed E-state index contributed by atoms with van der Waals surface area (Å²) in [7, 11) is 0. The van der Waals surface area contributed by atoms with Gasteiger partial charge in [0.15, 0.2) is 0 Å². The molecule has 90 valence electrons. The Balaban J connectivity index is 2.51. The van der Waals surface area contributed by atoms with Crippen molar-refractivity contribution in [3.05, 3.63) is 46.4 Å². The van der Waals surface area contributed by atoms with Gasteiger partial charge >= 0.3 is 0 Å². The second-order valence-corrected chi connectivity index (χ2v) is 5.22. The molecule has 1 aromatic heterocycles. The van der Waals surface area contributed by atoms with Crippen molar-refractivity contribution in [3.8, 4) is 0 Å². The van der Waals surface area contributed by atoms with Gasteiger partial charge in [-0.1, -0.05) is 47.1 Å². The van der Waals surface area contributed by atoms with Gasteiger partial charge in [0.2, 0.25) is 0 Å². The number of rotatable bonds is 1. The zero-order valence-corrected chi connectivity index (χ0v) is 11.7. The highest BCUT2D eigenvalue weighted by atomic mass is 79.9. The van der Waals surface area contributed by atoms with Gasteiger partial charge in [-0.05, 0) is 29.5 Å². The Labute approximate surface area is 114 Å². The van der Waals surface area contributed by atoms with Crippen molar-refractivity contribution in [2.75, 3.05) is 5.73 Å². The van der Waals surface area contributed by atoms with Gasteiger partial charge in [0.25, 0.3) is 0 Å². The van der Waals surface area contributed by atoms with Gasteiger partial charge in [-0.15, -0.1) is 0 Å². The predicted octanol–water partition coefficient (Wildman–Crippen LogP) is 4.30. The van der Waals surface area contributed by atoms with Crippen LogP contribution in [0, 0.1) is 0 Å². The second-order valence-electron chi connectivity index (χ2n) is 4.36. The third kappa shape index (κ3) is 1.66. The first-order valence-corrected chi connectivity index (χ1v) is 6.76. The zero-order chi connectivity index (χ0) is 12.7. The molecule has 0 amide bonds. The van der Waals surface area contributed by atoms with Gasteiger partial charge in [-0.3, -0.25) is 0 Å². The molecule has 18 heavy (non-hydrogen) atoms. The number of pyridine rings is 1. The van der Waals surface area contributed by atoms with E-state index < -0.39 is 0 Å². The molecule has 0 spiro atoms. The lowest BCUT2D eigenvalue weighted by molar-refractivity contribution is 1.13. The Bertz CT molecular complexity index is 750. The van der Waals surface area contributed by atoms with Crippen molar-refractivity contribution in [1.82, 2.24) is 4.98 Å². The van der Waals surface area contributed by atoms with Crippen LogP contribution in [0.15, 0.2) is 40.9 Å². The first kappa shape index (κ1) is 11.5. The molecule has 2 nitrogen and oxygen atoms in total. The lowest BCUT2D eigenvalue weighted by atomic mass is 10.0. The summed E-state index contributed by atoms with van der Waals surface area (Å²) in [6.45, 7) is 2.09. The van der Waals surface area contributed by atoms with Crippen LogP contribution < -0.4 is 5.73 Å². The highest BCUT2D eigenvalue weighted by Gasteiger charge is 2.08. The van der Waals surface area contributed by atoms with Gasteiger partial charge < -0.3 is 5.73 Å². The Morgan fingerprint density at radius 3 is 2.61 bits per heavy atom. The fourth-order valence-electron chi connectivity index (χ4n) is 2.31. The molecular formula is C15H13BrN2. The molecule has 0 aliphatic rings. The quantitative estimate of drug-likeness (QED) is 0.681. The van der Waals surface area contributed by atoms with Crippen LogP contribution in [0.4, 0.5) is 5.82 Å². The second kappa shape index (κ2) is 4.25. The van der Waals surface area contributed by atoms with Gasteiger partial charge in [0.05, 0.1) is 5.52 Å². The summed E-state index contributed by atoms with van der Waals surface area (Å²) in [4.78, 5) is 4.57. The van der Waals surface area contributed by atoms with Crippen LogP contribution >= 0.6 is 15.9 Å². The summed E-state index contributed by atoms with van der Waals surface area (Å²) >= 11 is 3.62. The summed E-state index contributed by atoms with van der Waals surface area (Å²) < 4.78 is 1.10. The third-order valence-electron chi connectivity index (χ3n) is 3.27. The van der Waals surface area contributed by atoms with Gasteiger partial charge in [-0.2, -0.15) is 0 Å². The highest BCUT2D eigenvalue weighted by molar-refractivity contribution is 9.10. The lowest BCUT2D eigenvalue weighted by Gasteiger charge is -2.09. The maximum absolute atomic E-state index is 6.00. The standard InChI is InChI=1S/C15H13BrN2/c1-2-9-7-10-8-13(16)11-5-3-4-6-12(11)14(10)18-15(9)17/h3-8H,2H2,1H3,(H2,17,18). The predicted molar refractivity (Wildman–Crippen MR) is 80.7 cm³/mol. The number of aromatic nitrogens is 1. The number of fused-ring (bicyclic) bond motifs is 3. The fourth-order valence-corrected chi connectivity index (χ4v) is 2.90. The summed E-state index contributed by atoms with van der Waals surface area (Å²) in [6, 6.07) is 12.5. The number of halogens is 1. The molecule has 0 atom stereocenters. The molecule has 0 unspecified atom stereocenters. The van der Waals surface area contributed by atoms with Crippen molar-refractivity contribution in [3.63, 3.8) is 0 Å². The Morgan fingerprint density at radius 1 is 1.17 bits per heavy atom. The Hall–Kier alpha value is -1.61. The number of aryl methyl sites for hydroxylation is 1. The molecule has 0 saturated heterocycles. The third-order valence-corrected chi connectivity index (χ3v) is 3.92. The Morgan fingerprint density at radius 2 is 1.89 bits per heavy atom. The molecule has 0 radical (unpaired) electrons. The molecule has 0 bridgehead atoms.